The highest BCUT2D eigenvalue weighted by molar-refractivity contribution is 5.98. The molecule has 0 saturated carbocycles. The molecule has 0 unspecified atom stereocenters. The van der Waals surface area contributed by atoms with Crippen LogP contribution < -0.4 is 0 Å². The number of aryl methyl sites for hydroxylation is 2. The van der Waals surface area contributed by atoms with E-state index in [1.807, 2.05) is 32.0 Å². The molecule has 0 aliphatic heterocycles. The van der Waals surface area contributed by atoms with Crippen LogP contribution in [0.5, 0.6) is 0 Å². The van der Waals surface area contributed by atoms with Crippen LogP contribution in [0.1, 0.15) is 11.4 Å². The van der Waals surface area contributed by atoms with Crippen molar-refractivity contribution in [3.05, 3.63) is 151 Å². The van der Waals surface area contributed by atoms with Crippen molar-refractivity contribution in [2.75, 3.05) is 0 Å². The molecule has 0 spiro atoms. The van der Waals surface area contributed by atoms with Gasteiger partial charge in [0.15, 0.2) is 5.82 Å². The van der Waals surface area contributed by atoms with Gasteiger partial charge in [0.1, 0.15) is 0 Å². The van der Waals surface area contributed by atoms with Crippen molar-refractivity contribution in [1.29, 1.82) is 0 Å². The molecule has 42 heavy (non-hydrogen) atoms. The van der Waals surface area contributed by atoms with Crippen molar-refractivity contribution >= 4 is 10.8 Å². The fourth-order valence-electron chi connectivity index (χ4n) is 5.62. The Morgan fingerprint density at radius 2 is 0.905 bits per heavy atom. The monoisotopic (exact) mass is 539 g/mol. The second-order valence-electron chi connectivity index (χ2n) is 10.7. The highest BCUT2D eigenvalue weighted by atomic mass is 14.9. The fraction of sp³-hybridized carbons (Fsp3) is 0.0513. The number of hydrogen-bond acceptors (Lipinski definition) is 3. The fourth-order valence-corrected chi connectivity index (χ4v) is 5.62. The Labute approximate surface area is 246 Å². The number of fused-ring (bicyclic) bond motifs is 1. The first kappa shape index (κ1) is 25.6. The van der Waals surface area contributed by atoms with Crippen LogP contribution in [0.3, 0.4) is 0 Å². The van der Waals surface area contributed by atoms with Gasteiger partial charge in [0, 0.05) is 28.1 Å². The first-order chi connectivity index (χ1) is 20.6. The summed E-state index contributed by atoms with van der Waals surface area (Å²) in [5.41, 5.74) is 11.4. The average Bonchev–Trinajstić information content (AvgIpc) is 3.04. The summed E-state index contributed by atoms with van der Waals surface area (Å²) in [4.78, 5) is 14.8. The van der Waals surface area contributed by atoms with Gasteiger partial charge in [-0.25, -0.2) is 15.0 Å². The summed E-state index contributed by atoms with van der Waals surface area (Å²) in [5, 5.41) is 2.43. The normalized spacial score (nSPS) is 11.1. The van der Waals surface area contributed by atoms with Gasteiger partial charge in [0.05, 0.1) is 11.4 Å². The molecule has 7 aromatic rings. The molecule has 7 rings (SSSR count). The van der Waals surface area contributed by atoms with Crippen molar-refractivity contribution in [2.45, 2.75) is 13.8 Å². The predicted octanol–water partition coefficient (Wildman–Crippen LogP) is 9.98. The molecule has 3 heteroatoms. The zero-order valence-electron chi connectivity index (χ0n) is 23.6. The van der Waals surface area contributed by atoms with E-state index >= 15 is 0 Å². The van der Waals surface area contributed by atoms with Crippen LogP contribution in [-0.2, 0) is 0 Å². The van der Waals surface area contributed by atoms with Gasteiger partial charge < -0.3 is 0 Å². The van der Waals surface area contributed by atoms with E-state index in [1.165, 1.54) is 16.3 Å². The third kappa shape index (κ3) is 5.09. The third-order valence-electron chi connectivity index (χ3n) is 7.57. The summed E-state index contributed by atoms with van der Waals surface area (Å²) < 4.78 is 0. The first-order valence-electron chi connectivity index (χ1n) is 14.2. The molecule has 0 radical (unpaired) electrons. The number of hydrogen-bond donors (Lipinski definition) is 0. The molecule has 200 valence electrons. The molecule has 2 aromatic heterocycles. The molecule has 0 bridgehead atoms. The van der Waals surface area contributed by atoms with Gasteiger partial charge >= 0.3 is 0 Å². The average molecular weight is 540 g/mol. The van der Waals surface area contributed by atoms with E-state index in [1.54, 1.807) is 0 Å². The summed E-state index contributed by atoms with van der Waals surface area (Å²) in [6.07, 6.45) is 0. The number of aromatic nitrogens is 3. The zero-order valence-corrected chi connectivity index (χ0v) is 23.6. The molecule has 0 atom stereocenters. The van der Waals surface area contributed by atoms with Crippen molar-refractivity contribution in [3.8, 4) is 56.2 Å². The van der Waals surface area contributed by atoms with E-state index in [4.69, 9.17) is 15.0 Å². The maximum atomic E-state index is 5.10. The lowest BCUT2D eigenvalue weighted by atomic mass is 9.92. The summed E-state index contributed by atoms with van der Waals surface area (Å²) in [6.45, 7) is 4.05. The number of pyridine rings is 1. The summed E-state index contributed by atoms with van der Waals surface area (Å²) in [5.74, 6) is 0.733. The Morgan fingerprint density at radius 3 is 1.57 bits per heavy atom. The maximum Gasteiger partial charge on any atom is 0.159 e. The largest absolute Gasteiger partial charge is 0.248 e. The Bertz CT molecular complexity index is 1960. The van der Waals surface area contributed by atoms with E-state index in [9.17, 15) is 0 Å². The van der Waals surface area contributed by atoms with Crippen LogP contribution >= 0.6 is 0 Å². The number of nitrogens with zero attached hydrogens (tertiary/aromatic N) is 3. The quantitative estimate of drug-likeness (QED) is 0.218. The molecular weight excluding hydrogens is 510 g/mol. The van der Waals surface area contributed by atoms with Gasteiger partial charge in [0.25, 0.3) is 0 Å². The maximum absolute atomic E-state index is 5.10. The minimum absolute atomic E-state index is 0.733. The summed E-state index contributed by atoms with van der Waals surface area (Å²) >= 11 is 0. The molecule has 0 N–H and O–H groups in total. The van der Waals surface area contributed by atoms with E-state index in [0.29, 0.717) is 0 Å². The predicted molar refractivity (Wildman–Crippen MR) is 174 cm³/mol. The van der Waals surface area contributed by atoms with Crippen molar-refractivity contribution < 1.29 is 0 Å². The van der Waals surface area contributed by atoms with E-state index < -0.39 is 0 Å². The van der Waals surface area contributed by atoms with Gasteiger partial charge in [-0.2, -0.15) is 0 Å². The SMILES string of the molecule is Cc1cc(C)nc(-c2cc(-c3cc(-c4ccccc4)nc(-c4ccccc4)c3)cc(-c3cccc4ccccc34)c2)n1. The molecule has 0 saturated heterocycles. The van der Waals surface area contributed by atoms with Crippen LogP contribution in [0.2, 0.25) is 0 Å². The molecular formula is C39H29N3. The van der Waals surface area contributed by atoms with E-state index in [0.717, 1.165) is 62.0 Å². The Hall–Kier alpha value is -5.41. The van der Waals surface area contributed by atoms with Crippen LogP contribution in [0.4, 0.5) is 0 Å². The smallest absolute Gasteiger partial charge is 0.159 e. The van der Waals surface area contributed by atoms with E-state index in [-0.39, 0.29) is 0 Å². The van der Waals surface area contributed by atoms with Crippen LogP contribution in [-0.4, -0.2) is 15.0 Å². The number of benzene rings is 5. The standard InChI is InChI=1S/C39H29N3/c1-26-20-27(2)41-39(40-26)34-22-31(21-33(23-34)36-19-11-17-28-12-9-10-18-35(28)36)32-24-37(29-13-5-3-6-14-29)42-38(25-32)30-15-7-4-8-16-30/h3-25H,1-2H3. The van der Waals surface area contributed by atoms with Crippen LogP contribution in [0.25, 0.3) is 66.9 Å². The van der Waals surface area contributed by atoms with Gasteiger partial charge in [0.2, 0.25) is 0 Å². The lowest BCUT2D eigenvalue weighted by Gasteiger charge is -2.15. The zero-order chi connectivity index (χ0) is 28.5. The molecule has 0 aliphatic rings. The summed E-state index contributed by atoms with van der Waals surface area (Å²) in [7, 11) is 0. The first-order valence-corrected chi connectivity index (χ1v) is 14.2. The minimum atomic E-state index is 0.733. The highest BCUT2D eigenvalue weighted by Crippen LogP contribution is 2.37. The Morgan fingerprint density at radius 1 is 0.381 bits per heavy atom. The molecule has 3 nitrogen and oxygen atoms in total. The van der Waals surface area contributed by atoms with Crippen LogP contribution in [0.15, 0.2) is 140 Å². The van der Waals surface area contributed by atoms with E-state index in [2.05, 4.69) is 121 Å². The molecule has 0 fully saturated rings. The van der Waals surface area contributed by atoms with Gasteiger partial charge in [-0.15, -0.1) is 0 Å². The Kier molecular flexibility index (Phi) is 6.61. The van der Waals surface area contributed by atoms with Crippen molar-refractivity contribution in [1.82, 2.24) is 15.0 Å². The topological polar surface area (TPSA) is 38.7 Å². The second-order valence-corrected chi connectivity index (χ2v) is 10.7. The third-order valence-corrected chi connectivity index (χ3v) is 7.57. The lowest BCUT2D eigenvalue weighted by Crippen LogP contribution is -1.96. The second kappa shape index (κ2) is 10.9. The van der Waals surface area contributed by atoms with Gasteiger partial charge in [-0.3, -0.25) is 0 Å². The minimum Gasteiger partial charge on any atom is -0.248 e. The Balaban J connectivity index is 1.50. The van der Waals surface area contributed by atoms with Gasteiger partial charge in [-0.05, 0) is 83.3 Å². The highest BCUT2D eigenvalue weighted by Gasteiger charge is 2.14. The summed E-state index contributed by atoms with van der Waals surface area (Å²) in [6, 6.07) is 48.9. The lowest BCUT2D eigenvalue weighted by molar-refractivity contribution is 1.06. The molecule has 0 aliphatic carbocycles. The van der Waals surface area contributed by atoms with Crippen molar-refractivity contribution in [3.63, 3.8) is 0 Å². The van der Waals surface area contributed by atoms with Crippen molar-refractivity contribution in [2.24, 2.45) is 0 Å². The van der Waals surface area contributed by atoms with Gasteiger partial charge in [-0.1, -0.05) is 103 Å². The molecule has 5 aromatic carbocycles. The molecule has 0 amide bonds. The molecule has 2 heterocycles. The van der Waals surface area contributed by atoms with Crippen LogP contribution in [0, 0.1) is 13.8 Å². The number of rotatable bonds is 5.